The van der Waals surface area contributed by atoms with Crippen LogP contribution in [0.25, 0.3) is 133 Å². The first-order chi connectivity index (χ1) is 28.8. The first kappa shape index (κ1) is 31.3. The Balaban J connectivity index is 1.10. The third kappa shape index (κ3) is 4.38. The third-order valence-corrected chi connectivity index (χ3v) is 11.9. The molecule has 3 heterocycles. The van der Waals surface area contributed by atoms with Crippen molar-refractivity contribution in [3.63, 3.8) is 0 Å². The van der Waals surface area contributed by atoms with E-state index < -0.39 is 0 Å². The molecule has 9 aromatic carbocycles. The zero-order valence-electron chi connectivity index (χ0n) is 30.9. The van der Waals surface area contributed by atoms with Gasteiger partial charge in [-0.15, -0.1) is 0 Å². The van der Waals surface area contributed by atoms with Crippen LogP contribution in [-0.2, 0) is 0 Å². The van der Waals surface area contributed by atoms with Crippen molar-refractivity contribution >= 4 is 65.4 Å². The van der Waals surface area contributed by atoms with Crippen molar-refractivity contribution in [2.24, 2.45) is 0 Å². The lowest BCUT2D eigenvalue weighted by molar-refractivity contribution is 0.668. The highest BCUT2D eigenvalue weighted by Gasteiger charge is 2.30. The summed E-state index contributed by atoms with van der Waals surface area (Å²) in [6, 6.07) is 61.3. The van der Waals surface area contributed by atoms with Crippen molar-refractivity contribution in [1.29, 1.82) is 0 Å². The molecule has 0 saturated carbocycles. The number of aromatic nitrogens is 3. The van der Waals surface area contributed by atoms with E-state index in [4.69, 9.17) is 23.8 Å². The van der Waals surface area contributed by atoms with Gasteiger partial charge < -0.3 is 8.83 Å². The van der Waals surface area contributed by atoms with E-state index >= 15 is 0 Å². The van der Waals surface area contributed by atoms with Crippen molar-refractivity contribution in [3.8, 4) is 67.5 Å². The molecule has 0 unspecified atom stereocenters. The molecule has 3 aromatic heterocycles. The number of hydrogen-bond acceptors (Lipinski definition) is 5. The zero-order chi connectivity index (χ0) is 37.9. The van der Waals surface area contributed by atoms with Gasteiger partial charge in [0.05, 0.1) is 0 Å². The van der Waals surface area contributed by atoms with E-state index in [9.17, 15) is 0 Å². The van der Waals surface area contributed by atoms with Gasteiger partial charge >= 0.3 is 0 Å². The first-order valence-electron chi connectivity index (χ1n) is 19.5. The summed E-state index contributed by atoms with van der Waals surface area (Å²) in [7, 11) is 0. The van der Waals surface area contributed by atoms with Crippen LogP contribution in [0.15, 0.2) is 185 Å². The first-order valence-corrected chi connectivity index (χ1v) is 19.5. The fourth-order valence-electron chi connectivity index (χ4n) is 9.43. The van der Waals surface area contributed by atoms with E-state index in [1.165, 1.54) is 38.6 Å². The molecule has 0 bridgehead atoms. The molecule has 5 heteroatoms. The van der Waals surface area contributed by atoms with Gasteiger partial charge in [0.1, 0.15) is 22.3 Å². The number of nitrogens with zero attached hydrogens (tertiary/aromatic N) is 3. The van der Waals surface area contributed by atoms with E-state index in [1.54, 1.807) is 0 Å². The Bertz CT molecular complexity index is 3690. The van der Waals surface area contributed by atoms with Gasteiger partial charge in [0, 0.05) is 43.8 Å². The van der Waals surface area contributed by atoms with Gasteiger partial charge in [-0.25, -0.2) is 15.0 Å². The van der Waals surface area contributed by atoms with Gasteiger partial charge in [0.25, 0.3) is 0 Å². The molecule has 0 radical (unpaired) electrons. The van der Waals surface area contributed by atoms with Crippen molar-refractivity contribution in [2.75, 3.05) is 0 Å². The van der Waals surface area contributed by atoms with Crippen molar-refractivity contribution in [1.82, 2.24) is 15.0 Å². The lowest BCUT2D eigenvalue weighted by atomic mass is 9.86. The molecule has 0 aliphatic heterocycles. The smallest absolute Gasteiger partial charge is 0.164 e. The largest absolute Gasteiger partial charge is 0.456 e. The number of hydrogen-bond donors (Lipinski definition) is 0. The van der Waals surface area contributed by atoms with Crippen LogP contribution in [0, 0.1) is 0 Å². The minimum absolute atomic E-state index is 0.590. The molecule has 0 spiro atoms. The third-order valence-electron chi connectivity index (χ3n) is 11.9. The van der Waals surface area contributed by atoms with Crippen LogP contribution < -0.4 is 0 Å². The molecular weight excluding hydrogens is 711 g/mol. The lowest BCUT2D eigenvalue weighted by Crippen LogP contribution is -2.01. The van der Waals surface area contributed by atoms with Crippen LogP contribution in [0.4, 0.5) is 0 Å². The monoisotopic (exact) mass is 739 g/mol. The van der Waals surface area contributed by atoms with Crippen molar-refractivity contribution in [2.45, 2.75) is 0 Å². The molecular formula is C53H29N3O2. The number of benzene rings is 9. The van der Waals surface area contributed by atoms with E-state index in [2.05, 4.69) is 109 Å². The van der Waals surface area contributed by atoms with E-state index in [0.29, 0.717) is 17.5 Å². The molecule has 1 aliphatic carbocycles. The fourth-order valence-corrected chi connectivity index (χ4v) is 9.43. The predicted octanol–water partition coefficient (Wildman–Crippen LogP) is 14.3. The minimum Gasteiger partial charge on any atom is -0.456 e. The molecule has 58 heavy (non-hydrogen) atoms. The SMILES string of the molecule is c1ccc(-c2nc(-c3ccc(-c4c5c(cc6oc7ccccc7c46)-c4cccc6cccc-5c46)c4ccccc34)nc(-c3cccc4oc5ccccc5c34)n2)cc1. The minimum atomic E-state index is 0.590. The maximum Gasteiger partial charge on any atom is 0.164 e. The summed E-state index contributed by atoms with van der Waals surface area (Å²) in [5.74, 6) is 1.80. The Kier molecular flexibility index (Phi) is 6.38. The maximum atomic E-state index is 6.67. The van der Waals surface area contributed by atoms with Crippen LogP contribution in [0.1, 0.15) is 0 Å². The zero-order valence-corrected chi connectivity index (χ0v) is 30.9. The Labute approximate surface area is 331 Å². The average molecular weight is 740 g/mol. The van der Waals surface area contributed by atoms with Crippen LogP contribution in [0.5, 0.6) is 0 Å². The molecule has 1 aliphatic rings. The highest BCUT2D eigenvalue weighted by Crippen LogP contribution is 2.56. The molecule has 12 aromatic rings. The summed E-state index contributed by atoms with van der Waals surface area (Å²) in [6.45, 7) is 0. The summed E-state index contributed by atoms with van der Waals surface area (Å²) < 4.78 is 13.0. The average Bonchev–Trinajstić information content (AvgIpc) is 3.96. The highest BCUT2D eigenvalue weighted by atomic mass is 16.3. The topological polar surface area (TPSA) is 65.0 Å². The maximum absolute atomic E-state index is 6.67. The van der Waals surface area contributed by atoms with Crippen LogP contribution in [0.3, 0.4) is 0 Å². The molecule has 13 rings (SSSR count). The molecule has 0 fully saturated rings. The van der Waals surface area contributed by atoms with Gasteiger partial charge in [-0.3, -0.25) is 0 Å². The molecule has 0 N–H and O–H groups in total. The lowest BCUT2D eigenvalue weighted by Gasteiger charge is -2.17. The number of para-hydroxylation sites is 2. The van der Waals surface area contributed by atoms with E-state index in [0.717, 1.165) is 76.9 Å². The van der Waals surface area contributed by atoms with Crippen molar-refractivity contribution < 1.29 is 8.83 Å². The summed E-state index contributed by atoms with van der Waals surface area (Å²) in [6.07, 6.45) is 0. The van der Waals surface area contributed by atoms with Gasteiger partial charge in [-0.05, 0) is 79.7 Å². The Morgan fingerprint density at radius 3 is 1.62 bits per heavy atom. The quantitative estimate of drug-likeness (QED) is 0.180. The predicted molar refractivity (Wildman–Crippen MR) is 236 cm³/mol. The number of rotatable bonds is 4. The molecule has 5 nitrogen and oxygen atoms in total. The Hall–Kier alpha value is -7.89. The van der Waals surface area contributed by atoms with Crippen molar-refractivity contribution in [3.05, 3.63) is 176 Å². The van der Waals surface area contributed by atoms with Crippen LogP contribution >= 0.6 is 0 Å². The second-order valence-electron chi connectivity index (χ2n) is 15.0. The van der Waals surface area contributed by atoms with Crippen LogP contribution in [-0.4, -0.2) is 15.0 Å². The summed E-state index contributed by atoms with van der Waals surface area (Å²) in [5, 5.41) is 8.90. The van der Waals surface area contributed by atoms with Crippen LogP contribution in [0.2, 0.25) is 0 Å². The molecule has 0 amide bonds. The summed E-state index contributed by atoms with van der Waals surface area (Å²) >= 11 is 0. The number of furan rings is 2. The van der Waals surface area contributed by atoms with E-state index in [1.807, 2.05) is 66.7 Å². The molecule has 0 saturated heterocycles. The Morgan fingerprint density at radius 1 is 0.293 bits per heavy atom. The molecule has 268 valence electrons. The van der Waals surface area contributed by atoms with E-state index in [-0.39, 0.29) is 0 Å². The van der Waals surface area contributed by atoms with Gasteiger partial charge in [0.15, 0.2) is 17.5 Å². The normalized spacial score (nSPS) is 12.1. The standard InChI is InChI=1S/C53H29N3O2/c1-2-13-31(14-3-1)51-54-52(56-53(55-51)40-23-12-26-44-47(40)37-19-6-8-24-42(37)57-44)36-28-27-35(32-17-4-5-18-33(32)36)50-48-39-22-11-16-30-15-10-21-34(46(30)39)41(48)29-45-49(50)38-20-7-9-25-43(38)58-45/h1-29H. The summed E-state index contributed by atoms with van der Waals surface area (Å²) in [4.78, 5) is 15.7. The molecule has 0 atom stereocenters. The highest BCUT2D eigenvalue weighted by molar-refractivity contribution is 6.27. The second kappa shape index (κ2) is 11.8. The van der Waals surface area contributed by atoms with Gasteiger partial charge in [0.2, 0.25) is 0 Å². The second-order valence-corrected chi connectivity index (χ2v) is 15.0. The summed E-state index contributed by atoms with van der Waals surface area (Å²) in [5.41, 5.74) is 13.3. The fraction of sp³-hybridized carbons (Fsp3) is 0. The van der Waals surface area contributed by atoms with Gasteiger partial charge in [-0.2, -0.15) is 0 Å². The number of fused-ring (bicyclic) bond motifs is 10. The Morgan fingerprint density at radius 2 is 0.845 bits per heavy atom. The van der Waals surface area contributed by atoms with Gasteiger partial charge in [-0.1, -0.05) is 146 Å².